The van der Waals surface area contributed by atoms with E-state index in [1.54, 1.807) is 6.92 Å². The maximum absolute atomic E-state index is 11.6. The molecule has 1 atom stereocenters. The van der Waals surface area contributed by atoms with E-state index < -0.39 is 6.09 Å². The molecule has 0 aromatic heterocycles. The highest BCUT2D eigenvalue weighted by atomic mass is 16.6. The average molecular weight is 263 g/mol. The van der Waals surface area contributed by atoms with E-state index in [1.807, 2.05) is 30.3 Å². The molecule has 0 radical (unpaired) electrons. The van der Waals surface area contributed by atoms with Crippen LogP contribution >= 0.6 is 0 Å². The number of benzene rings is 1. The molecule has 1 saturated heterocycles. The number of hydrogen-bond donors (Lipinski definition) is 0. The second-order valence-electron chi connectivity index (χ2n) is 4.39. The summed E-state index contributed by atoms with van der Waals surface area (Å²) in [5.74, 6) is -0.321. The maximum Gasteiger partial charge on any atom is 0.412 e. The van der Waals surface area contributed by atoms with Gasteiger partial charge in [-0.15, -0.1) is 0 Å². The third-order valence-electron chi connectivity index (χ3n) is 3.04. The van der Waals surface area contributed by atoms with Gasteiger partial charge in [0.1, 0.15) is 6.61 Å². The zero-order valence-corrected chi connectivity index (χ0v) is 10.9. The van der Waals surface area contributed by atoms with Gasteiger partial charge < -0.3 is 9.47 Å². The molecule has 19 heavy (non-hydrogen) atoms. The van der Waals surface area contributed by atoms with Gasteiger partial charge in [0, 0.05) is 6.42 Å². The molecule has 0 saturated carbocycles. The summed E-state index contributed by atoms with van der Waals surface area (Å²) in [6, 6.07) is 9.76. The van der Waals surface area contributed by atoms with Crippen molar-refractivity contribution in [1.29, 1.82) is 0 Å². The minimum atomic E-state index is -0.426. The number of hydrogen-bond acceptors (Lipinski definition) is 4. The van der Waals surface area contributed by atoms with E-state index in [0.29, 0.717) is 19.4 Å². The zero-order chi connectivity index (χ0) is 13.7. The van der Waals surface area contributed by atoms with Gasteiger partial charge in [0.2, 0.25) is 0 Å². The second kappa shape index (κ2) is 6.22. The first-order valence-electron chi connectivity index (χ1n) is 6.33. The molecule has 0 bridgehead atoms. The summed E-state index contributed by atoms with van der Waals surface area (Å²) in [4.78, 5) is 24.2. The highest BCUT2D eigenvalue weighted by molar-refractivity contribution is 5.71. The Morgan fingerprint density at radius 2 is 2.16 bits per heavy atom. The summed E-state index contributed by atoms with van der Waals surface area (Å²) in [5.41, 5.74) is 1.12. The molecular weight excluding hydrogens is 246 g/mol. The van der Waals surface area contributed by atoms with Crippen LogP contribution in [0.5, 0.6) is 0 Å². The van der Waals surface area contributed by atoms with Crippen molar-refractivity contribution in [3.05, 3.63) is 35.9 Å². The van der Waals surface area contributed by atoms with Crippen LogP contribution in [0.15, 0.2) is 30.3 Å². The smallest absolute Gasteiger partial charge is 0.412 e. The van der Waals surface area contributed by atoms with Crippen molar-refractivity contribution >= 4 is 12.1 Å². The fourth-order valence-corrected chi connectivity index (χ4v) is 1.95. The molecular formula is C14H17NO4. The molecule has 5 heteroatoms. The fourth-order valence-electron chi connectivity index (χ4n) is 1.95. The Hall–Kier alpha value is -2.04. The molecule has 0 aliphatic carbocycles. The number of carbonyl (C=O) groups excluding carboxylic acids is 2. The molecule has 1 heterocycles. The minimum Gasteiger partial charge on any atom is -0.447 e. The number of cyclic esters (lactones) is 1. The first kappa shape index (κ1) is 13.4. The van der Waals surface area contributed by atoms with Crippen LogP contribution in [0, 0.1) is 0 Å². The van der Waals surface area contributed by atoms with Crippen molar-refractivity contribution < 1.29 is 19.1 Å². The van der Waals surface area contributed by atoms with E-state index in [0.717, 1.165) is 5.56 Å². The normalized spacial score (nSPS) is 18.3. The molecule has 1 aromatic carbocycles. The highest BCUT2D eigenvalue weighted by Crippen LogP contribution is 2.17. The van der Waals surface area contributed by atoms with E-state index in [2.05, 4.69) is 0 Å². The van der Waals surface area contributed by atoms with E-state index in [4.69, 9.17) is 9.47 Å². The second-order valence-corrected chi connectivity index (χ2v) is 4.39. The van der Waals surface area contributed by atoms with Crippen LogP contribution in [-0.2, 0) is 20.7 Å². The number of ether oxygens (including phenoxy) is 2. The topological polar surface area (TPSA) is 55.8 Å². The van der Waals surface area contributed by atoms with Gasteiger partial charge in [-0.05, 0) is 12.0 Å². The van der Waals surface area contributed by atoms with Gasteiger partial charge >= 0.3 is 12.1 Å². The van der Waals surface area contributed by atoms with Crippen LogP contribution in [-0.4, -0.2) is 36.3 Å². The number of amides is 1. The molecule has 0 unspecified atom stereocenters. The van der Waals surface area contributed by atoms with Gasteiger partial charge in [0.25, 0.3) is 0 Å². The lowest BCUT2D eigenvalue weighted by molar-refractivity contribution is -0.147. The van der Waals surface area contributed by atoms with Crippen molar-refractivity contribution in [2.45, 2.75) is 25.8 Å². The molecule has 1 aliphatic rings. The lowest BCUT2D eigenvalue weighted by atomic mass is 10.1. The SMILES string of the molecule is CCC(=O)OCN1C(=O)OC[C@@H]1Cc1ccccc1. The summed E-state index contributed by atoms with van der Waals surface area (Å²) in [6.07, 6.45) is 0.563. The third-order valence-corrected chi connectivity index (χ3v) is 3.04. The lowest BCUT2D eigenvalue weighted by Crippen LogP contribution is -2.37. The van der Waals surface area contributed by atoms with Crippen LogP contribution in [0.4, 0.5) is 4.79 Å². The summed E-state index contributed by atoms with van der Waals surface area (Å²) < 4.78 is 10.0. The Morgan fingerprint density at radius 1 is 1.42 bits per heavy atom. The van der Waals surface area contributed by atoms with Crippen molar-refractivity contribution in [3.8, 4) is 0 Å². The molecule has 1 fully saturated rings. The van der Waals surface area contributed by atoms with E-state index in [1.165, 1.54) is 4.90 Å². The lowest BCUT2D eigenvalue weighted by Gasteiger charge is -2.20. The van der Waals surface area contributed by atoms with E-state index in [9.17, 15) is 9.59 Å². The Kier molecular flexibility index (Phi) is 4.39. The Morgan fingerprint density at radius 3 is 2.84 bits per heavy atom. The fraction of sp³-hybridized carbons (Fsp3) is 0.429. The molecule has 1 aromatic rings. The van der Waals surface area contributed by atoms with Crippen LogP contribution < -0.4 is 0 Å². The van der Waals surface area contributed by atoms with Crippen LogP contribution in [0.2, 0.25) is 0 Å². The Labute approximate surface area is 112 Å². The van der Waals surface area contributed by atoms with E-state index in [-0.39, 0.29) is 18.7 Å². The third kappa shape index (κ3) is 3.47. The van der Waals surface area contributed by atoms with Crippen molar-refractivity contribution in [3.63, 3.8) is 0 Å². The number of nitrogens with zero attached hydrogens (tertiary/aromatic N) is 1. The predicted octanol–water partition coefficient (Wildman–Crippen LogP) is 1.96. The first-order valence-corrected chi connectivity index (χ1v) is 6.33. The highest BCUT2D eigenvalue weighted by Gasteiger charge is 2.33. The molecule has 102 valence electrons. The monoisotopic (exact) mass is 263 g/mol. The predicted molar refractivity (Wildman–Crippen MR) is 68.4 cm³/mol. The summed E-state index contributed by atoms with van der Waals surface area (Å²) in [7, 11) is 0. The minimum absolute atomic E-state index is 0.0387. The van der Waals surface area contributed by atoms with Crippen molar-refractivity contribution in [1.82, 2.24) is 4.90 Å². The molecule has 0 N–H and O–H groups in total. The molecule has 1 aliphatic heterocycles. The number of esters is 1. The van der Waals surface area contributed by atoms with Gasteiger partial charge in [-0.1, -0.05) is 37.3 Å². The molecule has 2 rings (SSSR count). The summed E-state index contributed by atoms with van der Waals surface area (Å²) in [6.45, 7) is 2.01. The van der Waals surface area contributed by atoms with Crippen LogP contribution in [0.25, 0.3) is 0 Å². The van der Waals surface area contributed by atoms with Crippen LogP contribution in [0.3, 0.4) is 0 Å². The summed E-state index contributed by atoms with van der Waals surface area (Å²) in [5, 5.41) is 0. The Balaban J connectivity index is 1.95. The number of carbonyl (C=O) groups is 2. The standard InChI is InChI=1S/C14H17NO4/c1-2-13(16)19-10-15-12(9-18-14(15)17)8-11-6-4-3-5-7-11/h3-7,12H,2,8-10H2,1H3/t12-/m0/s1. The van der Waals surface area contributed by atoms with Crippen molar-refractivity contribution in [2.75, 3.05) is 13.3 Å². The van der Waals surface area contributed by atoms with Crippen molar-refractivity contribution in [2.24, 2.45) is 0 Å². The van der Waals surface area contributed by atoms with Gasteiger partial charge in [-0.25, -0.2) is 4.79 Å². The molecule has 0 spiro atoms. The van der Waals surface area contributed by atoms with Gasteiger partial charge in [-0.2, -0.15) is 0 Å². The van der Waals surface area contributed by atoms with Gasteiger partial charge in [0.15, 0.2) is 6.73 Å². The zero-order valence-electron chi connectivity index (χ0n) is 10.9. The Bertz CT molecular complexity index is 446. The van der Waals surface area contributed by atoms with E-state index >= 15 is 0 Å². The quantitative estimate of drug-likeness (QED) is 0.762. The average Bonchev–Trinajstić information content (AvgIpc) is 2.78. The summed E-state index contributed by atoms with van der Waals surface area (Å²) >= 11 is 0. The largest absolute Gasteiger partial charge is 0.447 e. The molecule has 1 amide bonds. The maximum atomic E-state index is 11.6. The van der Waals surface area contributed by atoms with Gasteiger partial charge in [-0.3, -0.25) is 9.69 Å². The van der Waals surface area contributed by atoms with Gasteiger partial charge in [0.05, 0.1) is 6.04 Å². The molecule has 5 nitrogen and oxygen atoms in total. The van der Waals surface area contributed by atoms with Crippen LogP contribution in [0.1, 0.15) is 18.9 Å². The number of rotatable bonds is 5. The first-order chi connectivity index (χ1) is 9.20.